The molecule has 2 fully saturated rings. The maximum atomic E-state index is 15.2. The smallest absolute Gasteiger partial charge is 0.243 e. The number of rotatable bonds is 4. The van der Waals surface area contributed by atoms with E-state index < -0.39 is 30.7 Å². The van der Waals surface area contributed by atoms with Gasteiger partial charge in [-0.15, -0.1) is 6.42 Å². The first-order valence-electron chi connectivity index (χ1n) is 8.03. The lowest BCUT2D eigenvalue weighted by molar-refractivity contribution is -0.0219. The Labute approximate surface area is 143 Å². The molecule has 1 aliphatic carbocycles. The Morgan fingerprint density at radius 1 is 1.52 bits per heavy atom. The van der Waals surface area contributed by atoms with Gasteiger partial charge in [-0.1, -0.05) is 5.92 Å². The molecule has 0 amide bonds. The van der Waals surface area contributed by atoms with Crippen molar-refractivity contribution in [2.24, 2.45) is 0 Å². The van der Waals surface area contributed by atoms with Crippen molar-refractivity contribution in [1.82, 2.24) is 9.97 Å². The first-order valence-corrected chi connectivity index (χ1v) is 8.03. The Kier molecular flexibility index (Phi) is 3.61. The Bertz CT molecular complexity index is 739. The van der Waals surface area contributed by atoms with Crippen LogP contribution in [0.2, 0.25) is 0 Å². The zero-order chi connectivity index (χ0) is 17.8. The normalized spacial score (nSPS) is 33.7. The molecule has 25 heavy (non-hydrogen) atoms. The molecule has 0 bridgehead atoms. The summed E-state index contributed by atoms with van der Waals surface area (Å²) >= 11 is 0. The summed E-state index contributed by atoms with van der Waals surface area (Å²) in [5.41, 5.74) is 3.86. The van der Waals surface area contributed by atoms with E-state index in [0.29, 0.717) is 23.4 Å². The van der Waals surface area contributed by atoms with Crippen molar-refractivity contribution in [1.29, 1.82) is 0 Å². The number of fused-ring (bicyclic) bond motifs is 1. The van der Waals surface area contributed by atoms with Crippen LogP contribution in [0.1, 0.15) is 12.8 Å². The fourth-order valence-corrected chi connectivity index (χ4v) is 3.15. The second kappa shape index (κ2) is 5.59. The first kappa shape index (κ1) is 16.1. The summed E-state index contributed by atoms with van der Waals surface area (Å²) in [6, 6.07) is 0.337. The number of nitrogens with zero attached hydrogens (tertiary/aromatic N) is 3. The molecule has 3 heterocycles. The molecule has 10 heteroatoms. The van der Waals surface area contributed by atoms with Crippen LogP contribution in [0.3, 0.4) is 0 Å². The number of alkyl halides is 1. The average molecular weight is 350 g/mol. The van der Waals surface area contributed by atoms with Crippen LogP contribution >= 0.6 is 0 Å². The van der Waals surface area contributed by atoms with Gasteiger partial charge in [-0.2, -0.15) is 9.97 Å². The van der Waals surface area contributed by atoms with Crippen LogP contribution in [0.5, 0.6) is 0 Å². The van der Waals surface area contributed by atoms with E-state index >= 15 is 4.39 Å². The number of hydrogen-bond donors (Lipinski definition) is 5. The lowest BCUT2D eigenvalue weighted by atomic mass is 9.96. The van der Waals surface area contributed by atoms with Crippen LogP contribution in [0.15, 0.2) is 0 Å². The van der Waals surface area contributed by atoms with Crippen LogP contribution < -0.4 is 21.3 Å². The maximum absolute atomic E-state index is 15.2. The molecule has 1 aromatic heterocycles. The average Bonchev–Trinajstić information content (AvgIpc) is 3.26. The minimum Gasteiger partial charge on any atom is -0.394 e. The fourth-order valence-electron chi connectivity index (χ4n) is 3.15. The third-order valence-corrected chi connectivity index (χ3v) is 4.65. The van der Waals surface area contributed by atoms with Crippen LogP contribution in [-0.2, 0) is 4.74 Å². The van der Waals surface area contributed by atoms with Crippen molar-refractivity contribution in [2.45, 2.75) is 43.0 Å². The monoisotopic (exact) mass is 350 g/mol. The van der Waals surface area contributed by atoms with Crippen molar-refractivity contribution < 1.29 is 19.3 Å². The SMILES string of the molecule is C#C[C@]1(F)C(O)C(CO)OC1N1CNc2c(NC3CC3)nc(N)nc21. The number of aliphatic hydroxyl groups excluding tert-OH is 2. The van der Waals surface area contributed by atoms with E-state index in [-0.39, 0.29) is 12.6 Å². The van der Waals surface area contributed by atoms with Crippen LogP contribution in [-0.4, -0.2) is 63.6 Å². The predicted octanol–water partition coefficient (Wildman–Crippen LogP) is -0.758. The van der Waals surface area contributed by atoms with Crippen LogP contribution in [0, 0.1) is 12.3 Å². The topological polar surface area (TPSA) is 129 Å². The van der Waals surface area contributed by atoms with Gasteiger partial charge in [0.2, 0.25) is 11.6 Å². The molecule has 3 aliphatic rings. The molecule has 3 unspecified atom stereocenters. The van der Waals surface area contributed by atoms with Gasteiger partial charge in [0.05, 0.1) is 13.3 Å². The van der Waals surface area contributed by atoms with E-state index in [9.17, 15) is 10.2 Å². The number of nitrogens with two attached hydrogens (primary N) is 1. The zero-order valence-corrected chi connectivity index (χ0v) is 13.3. The lowest BCUT2D eigenvalue weighted by Crippen LogP contribution is -2.51. The molecule has 1 aromatic rings. The molecule has 1 saturated heterocycles. The highest BCUT2D eigenvalue weighted by Crippen LogP contribution is 2.44. The van der Waals surface area contributed by atoms with E-state index in [4.69, 9.17) is 16.9 Å². The molecule has 6 N–H and O–H groups in total. The van der Waals surface area contributed by atoms with Crippen molar-refractivity contribution in [3.63, 3.8) is 0 Å². The van der Waals surface area contributed by atoms with Gasteiger partial charge in [0, 0.05) is 6.04 Å². The van der Waals surface area contributed by atoms with Crippen molar-refractivity contribution in [3.05, 3.63) is 0 Å². The lowest BCUT2D eigenvalue weighted by Gasteiger charge is -2.30. The maximum Gasteiger partial charge on any atom is 0.243 e. The number of terminal acetylenes is 1. The molecule has 0 radical (unpaired) electrons. The molecule has 1 saturated carbocycles. The molecule has 134 valence electrons. The number of nitrogens with one attached hydrogen (secondary N) is 2. The van der Waals surface area contributed by atoms with Crippen molar-refractivity contribution in [3.8, 4) is 12.3 Å². The number of nitrogen functional groups attached to an aromatic ring is 1. The van der Waals surface area contributed by atoms with Crippen LogP contribution in [0.25, 0.3) is 0 Å². The number of aliphatic hydroxyl groups is 2. The van der Waals surface area contributed by atoms with E-state index in [1.54, 1.807) is 0 Å². The van der Waals surface area contributed by atoms with Crippen LogP contribution in [0.4, 0.5) is 27.7 Å². The molecule has 0 spiro atoms. The van der Waals surface area contributed by atoms with Gasteiger partial charge in [0.1, 0.15) is 17.9 Å². The van der Waals surface area contributed by atoms with E-state index in [1.165, 1.54) is 4.90 Å². The Morgan fingerprint density at radius 2 is 2.28 bits per heavy atom. The minimum atomic E-state index is -2.50. The summed E-state index contributed by atoms with van der Waals surface area (Å²) in [5.74, 6) is 2.87. The highest BCUT2D eigenvalue weighted by Gasteiger charge is 2.59. The van der Waals surface area contributed by atoms with Gasteiger partial charge in [-0.25, -0.2) is 4.39 Å². The first-order chi connectivity index (χ1) is 12.0. The standard InChI is InChI=1S/C15H19FN6O3/c1-2-15(16)10(24)8(5-23)25-13(15)22-6-18-9-11(19-7-3-4-7)20-14(17)21-12(9)22/h1,7-8,10,13,18,23-24H,3-6H2,(H3,17,19,20,21)/t8?,10?,13?,15-/m0/s1. The second-order valence-electron chi connectivity index (χ2n) is 6.42. The van der Waals surface area contributed by atoms with Gasteiger partial charge in [0.15, 0.2) is 17.9 Å². The summed E-state index contributed by atoms with van der Waals surface area (Å²) in [6.45, 7) is -0.408. The van der Waals surface area contributed by atoms with Crippen molar-refractivity contribution >= 4 is 23.3 Å². The Balaban J connectivity index is 1.70. The number of hydrogen-bond acceptors (Lipinski definition) is 9. The molecule has 2 aliphatic heterocycles. The van der Waals surface area contributed by atoms with Gasteiger partial charge < -0.3 is 36.2 Å². The Morgan fingerprint density at radius 3 is 2.92 bits per heavy atom. The number of ether oxygens (including phenoxy) is 1. The molecule has 0 aromatic carbocycles. The molecule has 4 rings (SSSR count). The van der Waals surface area contributed by atoms with Gasteiger partial charge in [0.25, 0.3) is 0 Å². The summed E-state index contributed by atoms with van der Waals surface area (Å²) in [4.78, 5) is 9.81. The third kappa shape index (κ3) is 2.43. The van der Waals surface area contributed by atoms with Gasteiger partial charge in [-0.3, -0.25) is 0 Å². The van der Waals surface area contributed by atoms with E-state index in [0.717, 1.165) is 12.8 Å². The second-order valence-corrected chi connectivity index (χ2v) is 6.42. The van der Waals surface area contributed by atoms with Gasteiger partial charge >= 0.3 is 0 Å². The summed E-state index contributed by atoms with van der Waals surface area (Å²) in [5, 5.41) is 25.7. The fraction of sp³-hybridized carbons (Fsp3) is 0.600. The highest BCUT2D eigenvalue weighted by atomic mass is 19.1. The third-order valence-electron chi connectivity index (χ3n) is 4.65. The summed E-state index contributed by atoms with van der Waals surface area (Å²) in [6.07, 6.45) is 3.32. The molecule has 9 nitrogen and oxygen atoms in total. The number of halogens is 1. The highest BCUT2D eigenvalue weighted by molar-refractivity contribution is 5.83. The zero-order valence-electron chi connectivity index (χ0n) is 13.3. The molecule has 4 atom stereocenters. The molecular formula is C15H19FN6O3. The quantitative estimate of drug-likeness (QED) is 0.445. The number of anilines is 4. The van der Waals surface area contributed by atoms with E-state index in [2.05, 4.69) is 20.6 Å². The molecular weight excluding hydrogens is 331 g/mol. The Hall–Kier alpha value is -2.35. The largest absolute Gasteiger partial charge is 0.394 e. The number of aromatic nitrogens is 2. The summed E-state index contributed by atoms with van der Waals surface area (Å²) < 4.78 is 20.7. The predicted molar refractivity (Wildman–Crippen MR) is 88.5 cm³/mol. The van der Waals surface area contributed by atoms with Crippen molar-refractivity contribution in [2.75, 3.05) is 34.5 Å². The summed E-state index contributed by atoms with van der Waals surface area (Å²) in [7, 11) is 0. The minimum absolute atomic E-state index is 0.0259. The van der Waals surface area contributed by atoms with Gasteiger partial charge in [-0.05, 0) is 12.8 Å². The van der Waals surface area contributed by atoms with E-state index in [1.807, 2.05) is 5.92 Å².